The molecule has 0 aliphatic carbocycles. The molecule has 9 aromatic rings. The maximum absolute atomic E-state index is 12.3. The first-order chi connectivity index (χ1) is 23.2. The predicted molar refractivity (Wildman–Crippen MR) is 193 cm³/mol. The molecule has 0 saturated heterocycles. The average Bonchev–Trinajstić information content (AvgIpc) is 3.50. The lowest BCUT2D eigenvalue weighted by molar-refractivity contribution is -0.384. The standard InChI is InChI=1S/C42H26N2O3/c45-44(46)39-20-10-8-18-35(39)38-25-29(26-41-42(38)36-19-9-11-21-40(36)47-41)43(27-12-2-1-3-13-27)28-22-23-34-32-16-5-4-14-30(32)31-15-6-7-17-33(31)37(34)24-28/h1-26H. The van der Waals surface area contributed by atoms with Gasteiger partial charge in [-0.05, 0) is 74.8 Å². The van der Waals surface area contributed by atoms with Crippen molar-refractivity contribution in [2.75, 3.05) is 4.90 Å². The Morgan fingerprint density at radius 1 is 0.447 bits per heavy atom. The van der Waals surface area contributed by atoms with Gasteiger partial charge in [0.25, 0.3) is 5.69 Å². The second kappa shape index (κ2) is 10.6. The van der Waals surface area contributed by atoms with E-state index < -0.39 is 0 Å². The van der Waals surface area contributed by atoms with E-state index in [2.05, 4.69) is 89.8 Å². The Kier molecular flexibility index (Phi) is 6.05. The van der Waals surface area contributed by atoms with E-state index in [0.29, 0.717) is 11.1 Å². The molecule has 47 heavy (non-hydrogen) atoms. The van der Waals surface area contributed by atoms with Crippen LogP contribution in [0.2, 0.25) is 0 Å². The summed E-state index contributed by atoms with van der Waals surface area (Å²) >= 11 is 0. The van der Waals surface area contributed by atoms with Crippen LogP contribution in [0.25, 0.3) is 65.4 Å². The van der Waals surface area contributed by atoms with Crippen molar-refractivity contribution in [3.05, 3.63) is 168 Å². The largest absolute Gasteiger partial charge is 0.456 e. The number of nitro groups is 1. The highest BCUT2D eigenvalue weighted by atomic mass is 16.6. The van der Waals surface area contributed by atoms with Crippen molar-refractivity contribution in [3.63, 3.8) is 0 Å². The van der Waals surface area contributed by atoms with Gasteiger partial charge in [-0.2, -0.15) is 0 Å². The van der Waals surface area contributed by atoms with Crippen LogP contribution < -0.4 is 4.90 Å². The molecular weight excluding hydrogens is 580 g/mol. The van der Waals surface area contributed by atoms with Gasteiger partial charge in [0.15, 0.2) is 0 Å². The molecule has 9 rings (SSSR count). The molecule has 8 aromatic carbocycles. The van der Waals surface area contributed by atoms with Gasteiger partial charge in [-0.1, -0.05) is 103 Å². The lowest BCUT2D eigenvalue weighted by Crippen LogP contribution is -2.10. The molecule has 5 heteroatoms. The Labute approximate surface area is 269 Å². The van der Waals surface area contributed by atoms with Gasteiger partial charge in [0.2, 0.25) is 0 Å². The number of nitrogens with zero attached hydrogens (tertiary/aromatic N) is 2. The third-order valence-corrected chi connectivity index (χ3v) is 9.11. The zero-order valence-electron chi connectivity index (χ0n) is 25.1. The van der Waals surface area contributed by atoms with Gasteiger partial charge < -0.3 is 9.32 Å². The molecule has 0 aliphatic rings. The van der Waals surface area contributed by atoms with Gasteiger partial charge >= 0.3 is 0 Å². The molecular formula is C42H26N2O3. The van der Waals surface area contributed by atoms with Crippen LogP contribution in [0.4, 0.5) is 22.7 Å². The van der Waals surface area contributed by atoms with Crippen LogP contribution in [0.15, 0.2) is 162 Å². The van der Waals surface area contributed by atoms with Gasteiger partial charge in [0.1, 0.15) is 11.2 Å². The predicted octanol–water partition coefficient (Wildman–Crippen LogP) is 12.1. The van der Waals surface area contributed by atoms with Crippen molar-refractivity contribution in [1.29, 1.82) is 0 Å². The van der Waals surface area contributed by atoms with Gasteiger partial charge in [0.05, 0.1) is 16.2 Å². The number of furan rings is 1. The Bertz CT molecular complexity index is 2640. The number of benzene rings is 8. The summed E-state index contributed by atoms with van der Waals surface area (Å²) in [4.78, 5) is 14.2. The molecule has 5 nitrogen and oxygen atoms in total. The van der Waals surface area contributed by atoms with Crippen LogP contribution in [0.3, 0.4) is 0 Å². The highest BCUT2D eigenvalue weighted by Crippen LogP contribution is 2.46. The molecule has 1 aromatic heterocycles. The lowest BCUT2D eigenvalue weighted by atomic mass is 9.93. The molecule has 0 spiro atoms. The number of fused-ring (bicyclic) bond motifs is 9. The summed E-state index contributed by atoms with van der Waals surface area (Å²) in [5.41, 5.74) is 5.48. The van der Waals surface area contributed by atoms with Crippen molar-refractivity contribution in [3.8, 4) is 11.1 Å². The van der Waals surface area contributed by atoms with Gasteiger partial charge in [-0.25, -0.2) is 0 Å². The summed E-state index contributed by atoms with van der Waals surface area (Å²) in [6, 6.07) is 52.8. The first kappa shape index (κ1) is 26.9. The van der Waals surface area contributed by atoms with Crippen molar-refractivity contribution in [2.24, 2.45) is 0 Å². The quantitative estimate of drug-likeness (QED) is 0.111. The summed E-state index contributed by atoms with van der Waals surface area (Å²) < 4.78 is 6.46. The molecule has 0 aliphatic heterocycles. The fourth-order valence-corrected chi connectivity index (χ4v) is 7.10. The number of para-hydroxylation sites is 3. The van der Waals surface area contributed by atoms with E-state index in [1.165, 1.54) is 26.9 Å². The number of nitro benzene ring substituents is 1. The molecule has 0 radical (unpaired) electrons. The van der Waals surface area contributed by atoms with Crippen molar-refractivity contribution in [2.45, 2.75) is 0 Å². The first-order valence-electron chi connectivity index (χ1n) is 15.5. The Morgan fingerprint density at radius 3 is 1.72 bits per heavy atom. The molecule has 0 bridgehead atoms. The fourth-order valence-electron chi connectivity index (χ4n) is 7.10. The maximum atomic E-state index is 12.3. The first-order valence-corrected chi connectivity index (χ1v) is 15.5. The third kappa shape index (κ3) is 4.25. The number of anilines is 3. The van der Waals surface area contributed by atoms with Gasteiger partial charge in [-0.15, -0.1) is 0 Å². The molecule has 1 heterocycles. The molecule has 0 fully saturated rings. The Hall–Kier alpha value is -6.46. The molecule has 0 amide bonds. The molecule has 0 atom stereocenters. The molecule has 0 N–H and O–H groups in total. The Morgan fingerprint density at radius 2 is 1.02 bits per heavy atom. The maximum Gasteiger partial charge on any atom is 0.277 e. The monoisotopic (exact) mass is 606 g/mol. The summed E-state index contributed by atoms with van der Waals surface area (Å²) in [5, 5.41) is 21.2. The van der Waals surface area contributed by atoms with E-state index >= 15 is 0 Å². The highest BCUT2D eigenvalue weighted by molar-refractivity contribution is 6.26. The fraction of sp³-hybridized carbons (Fsp3) is 0. The van der Waals surface area contributed by atoms with Gasteiger partial charge in [0, 0.05) is 39.8 Å². The summed E-state index contributed by atoms with van der Waals surface area (Å²) in [5.74, 6) is 0. The van der Waals surface area contributed by atoms with Crippen molar-refractivity contribution < 1.29 is 9.34 Å². The second-order valence-electron chi connectivity index (χ2n) is 11.7. The van der Waals surface area contributed by atoms with Crippen LogP contribution in [0, 0.1) is 10.1 Å². The van der Waals surface area contributed by atoms with E-state index in [1.54, 1.807) is 12.1 Å². The minimum atomic E-state index is -0.316. The van der Waals surface area contributed by atoms with Crippen LogP contribution in [-0.2, 0) is 0 Å². The minimum absolute atomic E-state index is 0.0477. The van der Waals surface area contributed by atoms with E-state index in [9.17, 15) is 10.1 Å². The van der Waals surface area contributed by atoms with Crippen molar-refractivity contribution in [1.82, 2.24) is 0 Å². The Balaban J connectivity index is 1.37. The zero-order chi connectivity index (χ0) is 31.5. The second-order valence-corrected chi connectivity index (χ2v) is 11.7. The molecule has 0 unspecified atom stereocenters. The lowest BCUT2D eigenvalue weighted by Gasteiger charge is -2.27. The summed E-state index contributed by atoms with van der Waals surface area (Å²) in [6.45, 7) is 0. The van der Waals surface area contributed by atoms with E-state index in [1.807, 2.05) is 60.7 Å². The average molecular weight is 607 g/mol. The van der Waals surface area contributed by atoms with Crippen LogP contribution >= 0.6 is 0 Å². The smallest absolute Gasteiger partial charge is 0.277 e. The third-order valence-electron chi connectivity index (χ3n) is 9.11. The summed E-state index contributed by atoms with van der Waals surface area (Å²) in [6.07, 6.45) is 0. The van der Waals surface area contributed by atoms with E-state index in [4.69, 9.17) is 4.42 Å². The zero-order valence-corrected chi connectivity index (χ0v) is 25.1. The SMILES string of the molecule is O=[N+]([O-])c1ccccc1-c1cc(N(c2ccccc2)c2ccc3c4ccccc4c4ccccc4c3c2)cc2oc3ccccc3c12. The van der Waals surface area contributed by atoms with Gasteiger partial charge in [-0.3, -0.25) is 10.1 Å². The molecule has 0 saturated carbocycles. The highest BCUT2D eigenvalue weighted by Gasteiger charge is 2.23. The number of hydrogen-bond acceptors (Lipinski definition) is 4. The van der Waals surface area contributed by atoms with Crippen LogP contribution in [-0.4, -0.2) is 4.92 Å². The number of hydrogen-bond donors (Lipinski definition) is 0. The molecule has 222 valence electrons. The number of rotatable bonds is 5. The van der Waals surface area contributed by atoms with Crippen molar-refractivity contribution >= 4 is 77.0 Å². The van der Waals surface area contributed by atoms with E-state index in [0.717, 1.165) is 44.4 Å². The topological polar surface area (TPSA) is 59.5 Å². The minimum Gasteiger partial charge on any atom is -0.456 e. The normalized spacial score (nSPS) is 11.6. The van der Waals surface area contributed by atoms with E-state index in [-0.39, 0.29) is 10.6 Å². The van der Waals surface area contributed by atoms with Crippen LogP contribution in [0.5, 0.6) is 0 Å². The summed E-state index contributed by atoms with van der Waals surface area (Å²) in [7, 11) is 0. The van der Waals surface area contributed by atoms with Crippen LogP contribution in [0.1, 0.15) is 0 Å².